The minimum Gasteiger partial charge on any atom is -0.444 e. The summed E-state index contributed by atoms with van der Waals surface area (Å²) in [5.41, 5.74) is -2.13. The maximum Gasteiger partial charge on any atom is 0.419 e. The standard InChI is InChI=1S/C30H31BrF3N5O4S/c1-18-12-13-38(28(40)43-29(2,3)4)17-24(18)36-27-35-15-23(30(32,33)34)26(37-27)22-16-39(25-14-19(31)10-11-21(22)25)44(41,42)20-8-6-5-7-9-20/h5-11,14-16,18,24H,12-13,17H2,1-4H3,(H,35,36,37)/t18-,24+/m0/s1. The Kier molecular flexibility index (Phi) is 8.44. The molecule has 0 aliphatic carbocycles. The molecule has 1 fully saturated rings. The second kappa shape index (κ2) is 11.7. The number of piperidine rings is 1. The first-order valence-corrected chi connectivity index (χ1v) is 16.1. The van der Waals surface area contributed by atoms with Gasteiger partial charge in [-0.15, -0.1) is 0 Å². The summed E-state index contributed by atoms with van der Waals surface area (Å²) in [5.74, 6) is -0.0434. The second-order valence-corrected chi connectivity index (χ2v) is 14.4. The van der Waals surface area contributed by atoms with Gasteiger partial charge in [0.15, 0.2) is 0 Å². The Hall–Kier alpha value is -3.65. The second-order valence-electron chi connectivity index (χ2n) is 11.7. The third kappa shape index (κ3) is 6.55. The van der Waals surface area contributed by atoms with Gasteiger partial charge in [0, 0.05) is 46.9 Å². The van der Waals surface area contributed by atoms with Crippen molar-refractivity contribution in [1.82, 2.24) is 18.8 Å². The van der Waals surface area contributed by atoms with Crippen molar-refractivity contribution >= 4 is 48.9 Å². The molecule has 9 nitrogen and oxygen atoms in total. The van der Waals surface area contributed by atoms with Crippen LogP contribution in [0.2, 0.25) is 0 Å². The van der Waals surface area contributed by atoms with Crippen LogP contribution in [0.5, 0.6) is 0 Å². The molecule has 1 amide bonds. The fourth-order valence-corrected chi connectivity index (χ4v) is 6.78. The number of amides is 1. The van der Waals surface area contributed by atoms with Crippen molar-refractivity contribution in [2.45, 2.75) is 56.8 Å². The van der Waals surface area contributed by atoms with Crippen LogP contribution < -0.4 is 5.32 Å². The highest BCUT2D eigenvalue weighted by Gasteiger charge is 2.38. The molecular formula is C30H31BrF3N5O4S. The Labute approximate surface area is 261 Å². The number of hydrogen-bond acceptors (Lipinski definition) is 7. The van der Waals surface area contributed by atoms with Gasteiger partial charge in [0.2, 0.25) is 5.95 Å². The Bertz CT molecular complexity index is 1810. The monoisotopic (exact) mass is 693 g/mol. The summed E-state index contributed by atoms with van der Waals surface area (Å²) < 4.78 is 77.4. The summed E-state index contributed by atoms with van der Waals surface area (Å²) in [6.45, 7) is 7.98. The van der Waals surface area contributed by atoms with E-state index in [9.17, 15) is 26.4 Å². The van der Waals surface area contributed by atoms with E-state index in [1.807, 2.05) is 6.92 Å². The summed E-state index contributed by atoms with van der Waals surface area (Å²) >= 11 is 3.34. The topological polar surface area (TPSA) is 106 Å². The van der Waals surface area contributed by atoms with Crippen molar-refractivity contribution in [3.05, 3.63) is 71.0 Å². The maximum atomic E-state index is 14.3. The Morgan fingerprint density at radius 1 is 1.11 bits per heavy atom. The average molecular weight is 695 g/mol. The van der Waals surface area contributed by atoms with Crippen LogP contribution in [0.3, 0.4) is 0 Å². The predicted octanol–water partition coefficient (Wildman–Crippen LogP) is 7.17. The van der Waals surface area contributed by atoms with Crippen molar-refractivity contribution in [3.63, 3.8) is 0 Å². The van der Waals surface area contributed by atoms with Gasteiger partial charge in [0.05, 0.1) is 16.1 Å². The molecule has 44 heavy (non-hydrogen) atoms. The Morgan fingerprint density at radius 2 is 1.82 bits per heavy atom. The van der Waals surface area contributed by atoms with Crippen molar-refractivity contribution in [2.75, 3.05) is 18.4 Å². The van der Waals surface area contributed by atoms with E-state index in [-0.39, 0.29) is 45.8 Å². The number of nitrogens with zero attached hydrogens (tertiary/aromatic N) is 4. The Morgan fingerprint density at radius 3 is 2.48 bits per heavy atom. The van der Waals surface area contributed by atoms with E-state index in [4.69, 9.17) is 4.74 Å². The lowest BCUT2D eigenvalue weighted by Gasteiger charge is -2.38. The molecule has 0 bridgehead atoms. The SMILES string of the molecule is C[C@H]1CCN(C(=O)OC(C)(C)C)C[C@H]1Nc1ncc(C(F)(F)F)c(-c2cn(S(=O)(=O)c3ccccc3)c3cc(Br)ccc23)n1. The minimum atomic E-state index is -4.83. The molecule has 1 N–H and O–H groups in total. The molecule has 2 aromatic carbocycles. The number of nitrogens with one attached hydrogen (secondary N) is 1. The quantitative estimate of drug-likeness (QED) is 0.236. The van der Waals surface area contributed by atoms with Crippen molar-refractivity contribution < 1.29 is 31.1 Å². The van der Waals surface area contributed by atoms with Crippen LogP contribution in [0.25, 0.3) is 22.2 Å². The molecule has 234 valence electrons. The lowest BCUT2D eigenvalue weighted by atomic mass is 9.94. The Balaban J connectivity index is 1.59. The van der Waals surface area contributed by atoms with Crippen LogP contribution in [0, 0.1) is 5.92 Å². The molecule has 0 unspecified atom stereocenters. The molecule has 4 aromatic rings. The average Bonchev–Trinajstić information content (AvgIpc) is 3.32. The van der Waals surface area contributed by atoms with Gasteiger partial charge < -0.3 is 15.0 Å². The molecule has 2 atom stereocenters. The fraction of sp³-hybridized carbons (Fsp3) is 0.367. The van der Waals surface area contributed by atoms with E-state index >= 15 is 0 Å². The van der Waals surface area contributed by atoms with Gasteiger partial charge in [0.1, 0.15) is 11.2 Å². The highest BCUT2D eigenvalue weighted by Crippen LogP contribution is 2.41. The predicted molar refractivity (Wildman–Crippen MR) is 164 cm³/mol. The minimum absolute atomic E-state index is 0.0228. The molecule has 0 saturated carbocycles. The van der Waals surface area contributed by atoms with E-state index in [0.29, 0.717) is 23.6 Å². The molecule has 2 aromatic heterocycles. The van der Waals surface area contributed by atoms with Gasteiger partial charge in [0.25, 0.3) is 10.0 Å². The third-order valence-corrected chi connectivity index (χ3v) is 9.49. The zero-order valence-corrected chi connectivity index (χ0v) is 26.8. The first kappa shape index (κ1) is 31.8. The van der Waals surface area contributed by atoms with E-state index < -0.39 is 39.2 Å². The third-order valence-electron chi connectivity index (χ3n) is 7.31. The number of carbonyl (C=O) groups is 1. The number of aromatic nitrogens is 3. The number of rotatable bonds is 5. The van der Waals surface area contributed by atoms with Gasteiger partial charge in [-0.25, -0.2) is 27.2 Å². The molecule has 1 aliphatic heterocycles. The number of alkyl halides is 3. The van der Waals surface area contributed by atoms with Crippen LogP contribution in [0.1, 0.15) is 39.7 Å². The van der Waals surface area contributed by atoms with Gasteiger partial charge in [-0.1, -0.05) is 47.1 Å². The normalized spacial score (nSPS) is 18.0. The number of likely N-dealkylation sites (tertiary alicyclic amines) is 1. The van der Waals surface area contributed by atoms with Crippen LogP contribution in [-0.2, 0) is 20.9 Å². The molecule has 1 aliphatic rings. The molecule has 1 saturated heterocycles. The zero-order valence-electron chi connectivity index (χ0n) is 24.4. The number of hydrogen-bond donors (Lipinski definition) is 1. The lowest BCUT2D eigenvalue weighted by molar-refractivity contribution is -0.137. The highest BCUT2D eigenvalue weighted by molar-refractivity contribution is 9.10. The number of fused-ring (bicyclic) bond motifs is 1. The van der Waals surface area contributed by atoms with Crippen LogP contribution in [0.4, 0.5) is 23.9 Å². The number of ether oxygens (including phenoxy) is 1. The van der Waals surface area contributed by atoms with Gasteiger partial charge >= 0.3 is 12.3 Å². The van der Waals surface area contributed by atoms with E-state index in [0.717, 1.165) is 10.2 Å². The molecule has 14 heteroatoms. The summed E-state index contributed by atoms with van der Waals surface area (Å²) in [5, 5.41) is 3.37. The molecule has 5 rings (SSSR count). The van der Waals surface area contributed by atoms with Crippen LogP contribution >= 0.6 is 15.9 Å². The summed E-state index contributed by atoms with van der Waals surface area (Å²) in [7, 11) is -4.18. The van der Waals surface area contributed by atoms with E-state index in [2.05, 4.69) is 31.2 Å². The van der Waals surface area contributed by atoms with Crippen molar-refractivity contribution in [2.24, 2.45) is 5.92 Å². The number of carbonyl (C=O) groups excluding carboxylic acids is 1. The summed E-state index contributed by atoms with van der Waals surface area (Å²) in [6.07, 6.45) is -2.83. The van der Waals surface area contributed by atoms with Crippen LogP contribution in [0.15, 0.2) is 70.3 Å². The van der Waals surface area contributed by atoms with Crippen LogP contribution in [-0.4, -0.2) is 58.1 Å². The zero-order chi connectivity index (χ0) is 32.0. The first-order valence-electron chi connectivity index (χ1n) is 13.8. The van der Waals surface area contributed by atoms with E-state index in [1.54, 1.807) is 56.0 Å². The first-order chi connectivity index (χ1) is 20.5. The van der Waals surface area contributed by atoms with Gasteiger partial charge in [-0.05, 0) is 57.4 Å². The lowest BCUT2D eigenvalue weighted by Crippen LogP contribution is -2.50. The number of benzene rings is 2. The largest absolute Gasteiger partial charge is 0.444 e. The summed E-state index contributed by atoms with van der Waals surface area (Å²) in [6, 6.07) is 11.9. The number of anilines is 1. The van der Waals surface area contributed by atoms with Gasteiger partial charge in [-0.2, -0.15) is 13.2 Å². The molecular weight excluding hydrogens is 663 g/mol. The highest BCUT2D eigenvalue weighted by atomic mass is 79.9. The molecule has 3 heterocycles. The number of halogens is 4. The van der Waals surface area contributed by atoms with Gasteiger partial charge in [-0.3, -0.25) is 0 Å². The fourth-order valence-electron chi connectivity index (χ4n) is 5.04. The smallest absolute Gasteiger partial charge is 0.419 e. The van der Waals surface area contributed by atoms with E-state index in [1.165, 1.54) is 18.2 Å². The molecule has 0 radical (unpaired) electrons. The molecule has 0 spiro atoms. The maximum absolute atomic E-state index is 14.3. The van der Waals surface area contributed by atoms with Crippen molar-refractivity contribution in [1.29, 1.82) is 0 Å². The van der Waals surface area contributed by atoms with Crippen molar-refractivity contribution in [3.8, 4) is 11.3 Å². The summed E-state index contributed by atoms with van der Waals surface area (Å²) in [4.78, 5) is 22.5.